The van der Waals surface area contributed by atoms with Gasteiger partial charge >= 0.3 is 0 Å². The van der Waals surface area contributed by atoms with E-state index in [4.69, 9.17) is 9.98 Å². The van der Waals surface area contributed by atoms with E-state index >= 15 is 0 Å². The molecule has 2 aromatic carbocycles. The van der Waals surface area contributed by atoms with Crippen molar-refractivity contribution in [1.29, 1.82) is 0 Å². The zero-order chi connectivity index (χ0) is 30.3. The molecule has 0 heterocycles. The molecule has 0 unspecified atom stereocenters. The lowest BCUT2D eigenvalue weighted by atomic mass is 9.79. The van der Waals surface area contributed by atoms with Gasteiger partial charge in [0.05, 0.1) is 0 Å². The van der Waals surface area contributed by atoms with Crippen LogP contribution >= 0.6 is 0 Å². The second-order valence-corrected chi connectivity index (χ2v) is 16.0. The van der Waals surface area contributed by atoms with Gasteiger partial charge < -0.3 is 10.2 Å². The Bertz CT molecular complexity index is 1160. The highest BCUT2D eigenvalue weighted by Gasteiger charge is 2.28. The molecule has 2 N–H and O–H groups in total. The SMILES string of the molecule is CC(C)(C)c1cc(N=C[C@@H]2CCCC[C@H]2C=Nc2cc(C(C)(C)C)cc(C(C)(C)C)c2O)c(O)c(C(C)(C)C)c1. The van der Waals surface area contributed by atoms with Crippen molar-refractivity contribution in [3.05, 3.63) is 46.5 Å². The van der Waals surface area contributed by atoms with Crippen molar-refractivity contribution in [1.82, 2.24) is 0 Å². The fourth-order valence-corrected chi connectivity index (χ4v) is 5.36. The molecule has 1 aliphatic carbocycles. The lowest BCUT2D eigenvalue weighted by Crippen LogP contribution is -2.22. The average molecular weight is 547 g/mol. The summed E-state index contributed by atoms with van der Waals surface area (Å²) in [5.74, 6) is 0.999. The van der Waals surface area contributed by atoms with Crippen LogP contribution in [0.25, 0.3) is 0 Å². The first-order valence-electron chi connectivity index (χ1n) is 15.0. The van der Waals surface area contributed by atoms with E-state index in [0.717, 1.165) is 36.8 Å². The molecule has 1 aliphatic rings. The molecule has 220 valence electrons. The number of aromatic hydroxyl groups is 2. The van der Waals surface area contributed by atoms with Gasteiger partial charge in [-0.25, -0.2) is 0 Å². The predicted octanol–water partition coefficient (Wildman–Crippen LogP) is 10.2. The molecule has 0 aromatic heterocycles. The lowest BCUT2D eigenvalue weighted by Gasteiger charge is -2.28. The van der Waals surface area contributed by atoms with Gasteiger partial charge in [0.1, 0.15) is 22.9 Å². The molecular weight excluding hydrogens is 492 g/mol. The summed E-state index contributed by atoms with van der Waals surface area (Å²) in [5, 5.41) is 22.4. The number of nitrogens with zero attached hydrogens (tertiary/aromatic N) is 2. The quantitative estimate of drug-likeness (QED) is 0.375. The van der Waals surface area contributed by atoms with E-state index in [1.807, 2.05) is 24.6 Å². The highest BCUT2D eigenvalue weighted by atomic mass is 16.3. The maximum absolute atomic E-state index is 11.2. The number of phenolic OH excluding ortho intramolecular Hbond substituents is 2. The fraction of sp³-hybridized carbons (Fsp3) is 0.611. The third kappa shape index (κ3) is 7.56. The summed E-state index contributed by atoms with van der Waals surface area (Å²) in [4.78, 5) is 9.81. The minimum Gasteiger partial charge on any atom is -0.505 e. The monoisotopic (exact) mass is 546 g/mol. The van der Waals surface area contributed by atoms with Crippen LogP contribution in [-0.4, -0.2) is 22.6 Å². The maximum Gasteiger partial charge on any atom is 0.144 e. The number of hydrogen-bond acceptors (Lipinski definition) is 4. The minimum absolute atomic E-state index is 0.0481. The van der Waals surface area contributed by atoms with Gasteiger partial charge in [0.2, 0.25) is 0 Å². The smallest absolute Gasteiger partial charge is 0.144 e. The number of aliphatic imine (C=N–C) groups is 2. The molecule has 2 atom stereocenters. The molecule has 3 rings (SSSR count). The minimum atomic E-state index is -0.189. The van der Waals surface area contributed by atoms with E-state index in [9.17, 15) is 10.2 Å². The topological polar surface area (TPSA) is 65.2 Å². The van der Waals surface area contributed by atoms with Gasteiger partial charge in [0.25, 0.3) is 0 Å². The summed E-state index contributed by atoms with van der Waals surface area (Å²) in [6.07, 6.45) is 8.45. The van der Waals surface area contributed by atoms with Crippen molar-refractivity contribution in [2.45, 2.75) is 130 Å². The summed E-state index contributed by atoms with van der Waals surface area (Å²) in [6.45, 7) is 26.0. The van der Waals surface area contributed by atoms with E-state index in [-0.39, 0.29) is 45.0 Å². The third-order valence-corrected chi connectivity index (χ3v) is 8.21. The van der Waals surface area contributed by atoms with Crippen molar-refractivity contribution in [2.75, 3.05) is 0 Å². The van der Waals surface area contributed by atoms with Gasteiger partial charge in [0, 0.05) is 35.4 Å². The fourth-order valence-electron chi connectivity index (χ4n) is 5.36. The predicted molar refractivity (Wildman–Crippen MR) is 173 cm³/mol. The van der Waals surface area contributed by atoms with Gasteiger partial charge in [-0.05, 0) is 57.8 Å². The van der Waals surface area contributed by atoms with Gasteiger partial charge in [0.15, 0.2) is 0 Å². The Hall–Kier alpha value is -2.62. The molecule has 4 heteroatoms. The Morgan fingerprint density at radius 2 is 0.875 bits per heavy atom. The van der Waals surface area contributed by atoms with Crippen molar-refractivity contribution in [3.8, 4) is 11.5 Å². The summed E-state index contributed by atoms with van der Waals surface area (Å²) in [7, 11) is 0. The van der Waals surface area contributed by atoms with Crippen molar-refractivity contribution in [3.63, 3.8) is 0 Å². The van der Waals surface area contributed by atoms with E-state index in [2.05, 4.69) is 95.2 Å². The van der Waals surface area contributed by atoms with Gasteiger partial charge in [-0.3, -0.25) is 9.98 Å². The average Bonchev–Trinajstić information content (AvgIpc) is 2.80. The first-order valence-corrected chi connectivity index (χ1v) is 15.0. The number of benzene rings is 2. The summed E-state index contributed by atoms with van der Waals surface area (Å²) in [6, 6.07) is 8.34. The van der Waals surface area contributed by atoms with Gasteiger partial charge in [-0.1, -0.05) is 108 Å². The van der Waals surface area contributed by atoms with Crippen LogP contribution in [-0.2, 0) is 21.7 Å². The van der Waals surface area contributed by atoms with Crippen LogP contribution in [0.1, 0.15) is 131 Å². The normalized spacial score (nSPS) is 19.6. The van der Waals surface area contributed by atoms with E-state index < -0.39 is 0 Å². The van der Waals surface area contributed by atoms with Crippen molar-refractivity contribution >= 4 is 23.8 Å². The Balaban J connectivity index is 2.00. The molecule has 0 spiro atoms. The van der Waals surface area contributed by atoms with Crippen molar-refractivity contribution in [2.24, 2.45) is 21.8 Å². The molecule has 0 radical (unpaired) electrons. The van der Waals surface area contributed by atoms with Crippen LogP contribution in [0.4, 0.5) is 11.4 Å². The lowest BCUT2D eigenvalue weighted by molar-refractivity contribution is 0.386. The van der Waals surface area contributed by atoms with Crippen LogP contribution in [0.2, 0.25) is 0 Å². The Morgan fingerprint density at radius 3 is 1.15 bits per heavy atom. The summed E-state index contributed by atoms with van der Waals surface area (Å²) < 4.78 is 0. The number of hydrogen-bond donors (Lipinski definition) is 2. The van der Waals surface area contributed by atoms with Gasteiger partial charge in [-0.2, -0.15) is 0 Å². The van der Waals surface area contributed by atoms with Crippen molar-refractivity contribution < 1.29 is 10.2 Å². The van der Waals surface area contributed by atoms with E-state index in [1.165, 1.54) is 11.1 Å². The molecule has 1 fully saturated rings. The number of rotatable bonds is 4. The molecule has 4 nitrogen and oxygen atoms in total. The zero-order valence-corrected chi connectivity index (χ0v) is 27.2. The Kier molecular flexibility index (Phi) is 9.04. The van der Waals surface area contributed by atoms with Crippen LogP contribution in [0.3, 0.4) is 0 Å². The molecule has 40 heavy (non-hydrogen) atoms. The molecule has 0 bridgehead atoms. The second kappa shape index (κ2) is 11.3. The molecular formula is C36H54N2O2. The third-order valence-electron chi connectivity index (χ3n) is 8.21. The first-order chi connectivity index (χ1) is 18.2. The first kappa shape index (κ1) is 31.9. The van der Waals surface area contributed by atoms with E-state index in [0.29, 0.717) is 11.4 Å². The van der Waals surface area contributed by atoms with E-state index in [1.54, 1.807) is 0 Å². The van der Waals surface area contributed by atoms with Gasteiger partial charge in [-0.15, -0.1) is 0 Å². The Labute approximate surface area is 244 Å². The maximum atomic E-state index is 11.2. The molecule has 0 saturated heterocycles. The largest absolute Gasteiger partial charge is 0.505 e. The molecule has 2 aromatic rings. The second-order valence-electron chi connectivity index (χ2n) is 16.0. The molecule has 0 amide bonds. The summed E-state index contributed by atoms with van der Waals surface area (Å²) in [5.41, 5.74) is 5.02. The number of phenols is 2. The highest BCUT2D eigenvalue weighted by Crippen LogP contribution is 2.43. The van der Waals surface area contributed by atoms with Crippen LogP contribution in [0.15, 0.2) is 34.3 Å². The molecule has 0 aliphatic heterocycles. The summed E-state index contributed by atoms with van der Waals surface area (Å²) >= 11 is 0. The highest BCUT2D eigenvalue weighted by molar-refractivity contribution is 5.77. The standard InChI is InChI=1S/C36H54N2O2/c1-33(2,3)25-17-27(35(7,8)9)31(39)29(19-25)37-21-23-15-13-14-16-24(23)22-38-30-20-26(34(4,5)6)18-28(32(30)40)36(10,11)12/h17-24,39-40H,13-16H2,1-12H3/t23-,24-/m0/s1. The zero-order valence-electron chi connectivity index (χ0n) is 27.2. The van der Waals surface area contributed by atoms with Crippen LogP contribution in [0.5, 0.6) is 11.5 Å². The van der Waals surface area contributed by atoms with Crippen LogP contribution in [0, 0.1) is 11.8 Å². The Morgan fingerprint density at radius 1 is 0.550 bits per heavy atom. The van der Waals surface area contributed by atoms with Crippen LogP contribution < -0.4 is 0 Å². The molecule has 1 saturated carbocycles.